The molecule has 2 aromatic carbocycles. The number of methoxy groups -OCH3 is 1. The molecule has 0 radical (unpaired) electrons. The topological polar surface area (TPSA) is 53.3 Å². The molecule has 0 amide bonds. The van der Waals surface area contributed by atoms with Gasteiger partial charge >= 0.3 is 0 Å². The standard InChI is InChI=1S/C21H20N2O2/c1-25-18-9-6-16(7-10-18)23-17-8-11-19(20(24)12-17)21(23)15-4-2-14(13-22)3-5-15/h2-7,9-10,17,19,21H,8,11-12H2,1H3/t17-,19+,21-/m0/s1. The van der Waals surface area contributed by atoms with Gasteiger partial charge in [-0.15, -0.1) is 0 Å². The van der Waals surface area contributed by atoms with Crippen molar-refractivity contribution in [2.24, 2.45) is 5.92 Å². The maximum Gasteiger partial charge on any atom is 0.140 e. The van der Waals surface area contributed by atoms with Crippen molar-refractivity contribution in [2.45, 2.75) is 31.3 Å². The van der Waals surface area contributed by atoms with Crippen LogP contribution in [0.25, 0.3) is 0 Å². The first-order valence-electron chi connectivity index (χ1n) is 8.66. The Bertz CT molecular complexity index is 820. The SMILES string of the molecule is COc1ccc(N2[C@H]3CC[C@H](C(=O)C3)[C@@H]2c2ccc(C#N)cc2)cc1. The van der Waals surface area contributed by atoms with Crippen molar-refractivity contribution in [3.8, 4) is 11.8 Å². The monoisotopic (exact) mass is 332 g/mol. The molecule has 0 unspecified atom stereocenters. The number of nitriles is 1. The van der Waals surface area contributed by atoms with Crippen LogP contribution in [0.15, 0.2) is 48.5 Å². The van der Waals surface area contributed by atoms with Crippen LogP contribution in [0, 0.1) is 17.2 Å². The molecule has 4 nitrogen and oxygen atoms in total. The van der Waals surface area contributed by atoms with Crippen LogP contribution in [0.1, 0.15) is 36.4 Å². The molecule has 2 saturated heterocycles. The van der Waals surface area contributed by atoms with E-state index in [1.807, 2.05) is 36.4 Å². The Balaban J connectivity index is 1.75. The van der Waals surface area contributed by atoms with E-state index in [2.05, 4.69) is 23.1 Å². The van der Waals surface area contributed by atoms with Crippen molar-refractivity contribution in [1.29, 1.82) is 5.26 Å². The number of benzene rings is 2. The van der Waals surface area contributed by atoms with E-state index in [1.165, 1.54) is 0 Å². The number of piperidine rings is 2. The van der Waals surface area contributed by atoms with Crippen LogP contribution in [0.4, 0.5) is 5.69 Å². The Morgan fingerprint density at radius 2 is 1.80 bits per heavy atom. The third-order valence-electron chi connectivity index (χ3n) is 5.49. The smallest absolute Gasteiger partial charge is 0.140 e. The van der Waals surface area contributed by atoms with E-state index in [4.69, 9.17) is 10.00 Å². The molecule has 0 aromatic heterocycles. The van der Waals surface area contributed by atoms with E-state index in [1.54, 1.807) is 7.11 Å². The van der Waals surface area contributed by atoms with Gasteiger partial charge in [0.2, 0.25) is 0 Å². The van der Waals surface area contributed by atoms with Crippen molar-refractivity contribution < 1.29 is 9.53 Å². The first kappa shape index (κ1) is 15.7. The Hall–Kier alpha value is -2.80. The summed E-state index contributed by atoms with van der Waals surface area (Å²) >= 11 is 0. The second-order valence-electron chi connectivity index (χ2n) is 6.79. The van der Waals surface area contributed by atoms with Crippen LogP contribution >= 0.6 is 0 Å². The van der Waals surface area contributed by atoms with Crippen molar-refractivity contribution >= 4 is 11.5 Å². The summed E-state index contributed by atoms with van der Waals surface area (Å²) in [4.78, 5) is 14.9. The van der Waals surface area contributed by atoms with Crippen LogP contribution < -0.4 is 9.64 Å². The van der Waals surface area contributed by atoms with Gasteiger partial charge in [-0.25, -0.2) is 0 Å². The number of ether oxygens (including phenoxy) is 1. The lowest BCUT2D eigenvalue weighted by Crippen LogP contribution is -2.54. The molecule has 4 heteroatoms. The van der Waals surface area contributed by atoms with Gasteiger partial charge in [-0.2, -0.15) is 5.26 Å². The molecule has 2 aliphatic heterocycles. The van der Waals surface area contributed by atoms with Gasteiger partial charge in [-0.3, -0.25) is 4.79 Å². The predicted molar refractivity (Wildman–Crippen MR) is 95.5 cm³/mol. The number of anilines is 1. The average molecular weight is 332 g/mol. The third-order valence-corrected chi connectivity index (χ3v) is 5.49. The quantitative estimate of drug-likeness (QED) is 0.856. The van der Waals surface area contributed by atoms with Crippen LogP contribution in [-0.2, 0) is 4.79 Å². The molecule has 2 heterocycles. The molecular weight excluding hydrogens is 312 g/mol. The molecule has 1 saturated carbocycles. The fraction of sp³-hybridized carbons (Fsp3) is 0.333. The number of rotatable bonds is 3. The van der Waals surface area contributed by atoms with E-state index in [0.717, 1.165) is 29.8 Å². The highest BCUT2D eigenvalue weighted by molar-refractivity contribution is 5.86. The number of fused-ring (bicyclic) bond motifs is 3. The summed E-state index contributed by atoms with van der Waals surface area (Å²) < 4.78 is 5.27. The molecule has 2 bridgehead atoms. The van der Waals surface area contributed by atoms with Gasteiger partial charge in [0, 0.05) is 24.1 Å². The van der Waals surface area contributed by atoms with Crippen molar-refractivity contribution in [3.63, 3.8) is 0 Å². The Morgan fingerprint density at radius 3 is 2.40 bits per heavy atom. The predicted octanol–water partition coefficient (Wildman–Crippen LogP) is 3.87. The zero-order valence-electron chi connectivity index (χ0n) is 14.2. The number of hydrogen-bond acceptors (Lipinski definition) is 4. The van der Waals surface area contributed by atoms with Gasteiger partial charge in [0.25, 0.3) is 0 Å². The van der Waals surface area contributed by atoms with Gasteiger partial charge in [-0.1, -0.05) is 12.1 Å². The maximum absolute atomic E-state index is 12.5. The minimum Gasteiger partial charge on any atom is -0.497 e. The van der Waals surface area contributed by atoms with Crippen molar-refractivity contribution in [1.82, 2.24) is 0 Å². The number of hydrogen-bond donors (Lipinski definition) is 0. The van der Waals surface area contributed by atoms with Gasteiger partial charge < -0.3 is 9.64 Å². The second kappa shape index (κ2) is 6.25. The first-order chi connectivity index (χ1) is 12.2. The summed E-state index contributed by atoms with van der Waals surface area (Å²) in [6.45, 7) is 0. The van der Waals surface area contributed by atoms with Gasteiger partial charge in [0.15, 0.2) is 0 Å². The van der Waals surface area contributed by atoms with Crippen molar-refractivity contribution in [3.05, 3.63) is 59.7 Å². The van der Waals surface area contributed by atoms with E-state index in [-0.39, 0.29) is 18.0 Å². The molecule has 3 aliphatic rings. The average Bonchev–Trinajstić information content (AvgIpc) is 2.68. The largest absolute Gasteiger partial charge is 0.497 e. The highest BCUT2D eigenvalue weighted by Crippen LogP contribution is 2.48. The molecule has 3 atom stereocenters. The number of Topliss-reactive ketones (excluding diaryl/α,β-unsaturated/α-hetero) is 1. The second-order valence-corrected chi connectivity index (χ2v) is 6.79. The van der Waals surface area contributed by atoms with E-state index >= 15 is 0 Å². The lowest BCUT2D eigenvalue weighted by molar-refractivity contribution is -0.128. The molecule has 3 fully saturated rings. The molecule has 5 rings (SSSR count). The fourth-order valence-corrected chi connectivity index (χ4v) is 4.28. The zero-order chi connectivity index (χ0) is 17.4. The Morgan fingerprint density at radius 1 is 1.08 bits per heavy atom. The van der Waals surface area contributed by atoms with Crippen LogP contribution in [0.5, 0.6) is 5.75 Å². The summed E-state index contributed by atoms with van der Waals surface area (Å²) in [7, 11) is 1.66. The molecule has 126 valence electrons. The highest BCUT2D eigenvalue weighted by Gasteiger charge is 2.47. The summed E-state index contributed by atoms with van der Waals surface area (Å²) in [5.41, 5.74) is 2.88. The van der Waals surface area contributed by atoms with E-state index < -0.39 is 0 Å². The number of carbonyl (C=O) groups excluding carboxylic acids is 1. The fourth-order valence-electron chi connectivity index (χ4n) is 4.28. The summed E-state index contributed by atoms with van der Waals surface area (Å²) in [5.74, 6) is 1.23. The lowest BCUT2D eigenvalue weighted by atomic mass is 9.71. The molecule has 25 heavy (non-hydrogen) atoms. The minimum atomic E-state index is 0.0278. The Labute approximate surface area is 147 Å². The van der Waals surface area contributed by atoms with Gasteiger partial charge in [0.05, 0.1) is 24.8 Å². The molecular formula is C21H20N2O2. The maximum atomic E-state index is 12.5. The molecule has 0 N–H and O–H groups in total. The van der Waals surface area contributed by atoms with E-state index in [9.17, 15) is 4.79 Å². The van der Waals surface area contributed by atoms with Gasteiger partial charge in [-0.05, 0) is 54.8 Å². The number of nitrogens with zero attached hydrogens (tertiary/aromatic N) is 2. The molecule has 0 spiro atoms. The summed E-state index contributed by atoms with van der Waals surface area (Å²) in [6, 6.07) is 18.2. The minimum absolute atomic E-state index is 0.0278. The van der Waals surface area contributed by atoms with Crippen LogP contribution in [0.2, 0.25) is 0 Å². The summed E-state index contributed by atoms with van der Waals surface area (Å²) in [5, 5.41) is 9.04. The number of carbonyl (C=O) groups is 1. The third kappa shape index (κ3) is 2.66. The van der Waals surface area contributed by atoms with Crippen LogP contribution in [0.3, 0.4) is 0 Å². The molecule has 2 aromatic rings. The lowest BCUT2D eigenvalue weighted by Gasteiger charge is -2.52. The first-order valence-corrected chi connectivity index (χ1v) is 8.66. The van der Waals surface area contributed by atoms with E-state index in [0.29, 0.717) is 17.8 Å². The van der Waals surface area contributed by atoms with Crippen molar-refractivity contribution in [2.75, 3.05) is 12.0 Å². The highest BCUT2D eigenvalue weighted by atomic mass is 16.5. The normalized spacial score (nSPS) is 24.9. The van der Waals surface area contributed by atoms with Crippen LogP contribution in [-0.4, -0.2) is 18.9 Å². The van der Waals surface area contributed by atoms with Gasteiger partial charge in [0.1, 0.15) is 11.5 Å². The number of ketones is 1. The Kier molecular flexibility index (Phi) is 3.93. The summed E-state index contributed by atoms with van der Waals surface area (Å²) in [6.07, 6.45) is 2.62. The molecule has 1 aliphatic carbocycles. The zero-order valence-corrected chi connectivity index (χ0v) is 14.2.